The Hall–Kier alpha value is -0.803. The lowest BCUT2D eigenvalue weighted by molar-refractivity contribution is -0.356. The van der Waals surface area contributed by atoms with Crippen LogP contribution in [0.25, 0.3) is 0 Å². The van der Waals surface area contributed by atoms with Gasteiger partial charge in [-0.15, -0.1) is 0 Å². The van der Waals surface area contributed by atoms with Crippen LogP contribution < -0.4 is 0 Å². The first-order valence-electron chi connectivity index (χ1n) is 11.1. The van der Waals surface area contributed by atoms with Crippen molar-refractivity contribution in [2.75, 3.05) is 13.7 Å². The summed E-state index contributed by atoms with van der Waals surface area (Å²) >= 11 is 0. The number of rotatable bonds is 7. The van der Waals surface area contributed by atoms with Gasteiger partial charge in [-0.3, -0.25) is 0 Å². The van der Waals surface area contributed by atoms with E-state index in [-0.39, 0.29) is 6.10 Å². The monoisotopic (exact) mass is 438 g/mol. The summed E-state index contributed by atoms with van der Waals surface area (Å²) in [5.74, 6) is 0. The minimum atomic E-state index is -2.27. The third-order valence-electron chi connectivity index (χ3n) is 6.66. The molecule has 0 bridgehead atoms. The fourth-order valence-corrected chi connectivity index (χ4v) is 10.9. The zero-order chi connectivity index (χ0) is 22.1. The van der Waals surface area contributed by atoms with Crippen LogP contribution in [0.3, 0.4) is 0 Å². The standard InChI is InChI=1S/C23H38O6Si/c1-14(2)30(15(3)4,16(5)6)29-21-19(24)23(25-7)27-18-13-26-22(28-20(18)21)17-11-9-8-10-12-17/h8-12,14-16,18-24H,13H2,1-7H3/t18-,19-,20-,21-,22-,23+/m1/s1. The maximum absolute atomic E-state index is 11.2. The molecule has 7 heteroatoms. The molecule has 2 aliphatic heterocycles. The van der Waals surface area contributed by atoms with Crippen molar-refractivity contribution in [1.82, 2.24) is 0 Å². The van der Waals surface area contributed by atoms with E-state index in [9.17, 15) is 5.11 Å². The molecule has 6 atom stereocenters. The first-order chi connectivity index (χ1) is 14.2. The van der Waals surface area contributed by atoms with Crippen molar-refractivity contribution in [3.05, 3.63) is 35.9 Å². The van der Waals surface area contributed by atoms with Gasteiger partial charge in [-0.1, -0.05) is 71.9 Å². The summed E-state index contributed by atoms with van der Waals surface area (Å²) in [6, 6.07) is 9.85. The van der Waals surface area contributed by atoms with Gasteiger partial charge in [0, 0.05) is 12.7 Å². The molecule has 30 heavy (non-hydrogen) atoms. The number of benzene rings is 1. The number of fused-ring (bicyclic) bond motifs is 1. The first-order valence-corrected chi connectivity index (χ1v) is 13.2. The first kappa shape index (κ1) is 23.9. The van der Waals surface area contributed by atoms with Gasteiger partial charge in [-0.2, -0.15) is 0 Å². The van der Waals surface area contributed by atoms with E-state index in [0.29, 0.717) is 23.2 Å². The molecule has 2 saturated heterocycles. The van der Waals surface area contributed by atoms with Crippen LogP contribution in [0, 0.1) is 0 Å². The molecule has 0 saturated carbocycles. The van der Waals surface area contributed by atoms with E-state index in [2.05, 4.69) is 41.5 Å². The van der Waals surface area contributed by atoms with Crippen molar-refractivity contribution in [2.45, 2.75) is 95.2 Å². The molecule has 3 rings (SSSR count). The Kier molecular flexibility index (Phi) is 7.77. The van der Waals surface area contributed by atoms with Gasteiger partial charge in [0.1, 0.15) is 24.4 Å². The molecule has 1 aromatic carbocycles. The van der Waals surface area contributed by atoms with E-state index < -0.39 is 39.2 Å². The molecule has 0 amide bonds. The zero-order valence-corrected chi connectivity index (χ0v) is 20.3. The van der Waals surface area contributed by atoms with Crippen molar-refractivity contribution in [1.29, 1.82) is 0 Å². The van der Waals surface area contributed by atoms with Crippen LogP contribution in [-0.2, 0) is 23.4 Å². The van der Waals surface area contributed by atoms with E-state index in [1.54, 1.807) is 7.11 Å². The molecule has 6 nitrogen and oxygen atoms in total. The number of aliphatic hydroxyl groups is 1. The van der Waals surface area contributed by atoms with Crippen LogP contribution in [0.2, 0.25) is 16.6 Å². The molecule has 1 aromatic rings. The van der Waals surface area contributed by atoms with Gasteiger partial charge in [0.25, 0.3) is 0 Å². The molecule has 0 aliphatic carbocycles. The lowest BCUT2D eigenvalue weighted by Gasteiger charge is -2.52. The number of ether oxygens (including phenoxy) is 4. The Morgan fingerprint density at radius 1 is 0.967 bits per heavy atom. The fourth-order valence-electron chi connectivity index (χ4n) is 5.32. The highest BCUT2D eigenvalue weighted by Crippen LogP contribution is 2.46. The van der Waals surface area contributed by atoms with Gasteiger partial charge in [-0.25, -0.2) is 0 Å². The smallest absolute Gasteiger partial charge is 0.201 e. The van der Waals surface area contributed by atoms with Crippen LogP contribution >= 0.6 is 0 Å². The van der Waals surface area contributed by atoms with Gasteiger partial charge in [-0.05, 0) is 16.6 Å². The Morgan fingerprint density at radius 2 is 1.57 bits per heavy atom. The molecular formula is C23H38O6Si. The predicted octanol–water partition coefficient (Wildman–Crippen LogP) is 4.39. The summed E-state index contributed by atoms with van der Waals surface area (Å²) in [5, 5.41) is 11.2. The summed E-state index contributed by atoms with van der Waals surface area (Å²) < 4.78 is 30.8. The third kappa shape index (κ3) is 4.39. The second-order valence-corrected chi connectivity index (χ2v) is 14.8. The van der Waals surface area contributed by atoms with Crippen LogP contribution in [0.4, 0.5) is 0 Å². The van der Waals surface area contributed by atoms with Crippen molar-refractivity contribution in [2.24, 2.45) is 0 Å². The lowest BCUT2D eigenvalue weighted by Crippen LogP contribution is -2.66. The molecule has 0 radical (unpaired) electrons. The molecule has 170 valence electrons. The molecule has 1 N–H and O–H groups in total. The maximum atomic E-state index is 11.2. The van der Waals surface area contributed by atoms with Crippen LogP contribution in [-0.4, -0.2) is 57.8 Å². The highest BCUT2D eigenvalue weighted by molar-refractivity contribution is 6.77. The summed E-state index contributed by atoms with van der Waals surface area (Å²) in [5.41, 5.74) is 2.10. The highest BCUT2D eigenvalue weighted by atomic mass is 28.4. The molecule has 2 heterocycles. The molecule has 2 fully saturated rings. The Labute approximate surface area is 181 Å². The number of methoxy groups -OCH3 is 1. The average molecular weight is 439 g/mol. The normalized spacial score (nSPS) is 32.6. The Balaban J connectivity index is 1.93. The van der Waals surface area contributed by atoms with E-state index >= 15 is 0 Å². The van der Waals surface area contributed by atoms with Crippen molar-refractivity contribution < 1.29 is 28.5 Å². The quantitative estimate of drug-likeness (QED) is 0.637. The lowest BCUT2D eigenvalue weighted by atomic mass is 9.98. The molecule has 0 spiro atoms. The summed E-state index contributed by atoms with van der Waals surface area (Å²) in [6.07, 6.45) is -3.55. The van der Waals surface area contributed by atoms with Crippen LogP contribution in [0.1, 0.15) is 53.4 Å². The van der Waals surface area contributed by atoms with Gasteiger partial charge >= 0.3 is 0 Å². The molecule has 2 aliphatic rings. The molecular weight excluding hydrogens is 400 g/mol. The van der Waals surface area contributed by atoms with Gasteiger partial charge in [0.2, 0.25) is 8.32 Å². The van der Waals surface area contributed by atoms with E-state index in [1.807, 2.05) is 30.3 Å². The third-order valence-corrected chi connectivity index (χ3v) is 12.8. The predicted molar refractivity (Wildman–Crippen MR) is 118 cm³/mol. The van der Waals surface area contributed by atoms with Crippen LogP contribution in [0.5, 0.6) is 0 Å². The van der Waals surface area contributed by atoms with E-state index in [1.165, 1.54) is 0 Å². The largest absolute Gasteiger partial charge is 0.408 e. The van der Waals surface area contributed by atoms with E-state index in [4.69, 9.17) is 23.4 Å². The maximum Gasteiger partial charge on any atom is 0.201 e. The van der Waals surface area contributed by atoms with Crippen molar-refractivity contribution in [3.8, 4) is 0 Å². The van der Waals surface area contributed by atoms with Crippen molar-refractivity contribution in [3.63, 3.8) is 0 Å². The Bertz CT molecular complexity index is 645. The highest BCUT2D eigenvalue weighted by Gasteiger charge is 2.55. The average Bonchev–Trinajstić information content (AvgIpc) is 2.72. The summed E-state index contributed by atoms with van der Waals surface area (Å²) in [6.45, 7) is 13.8. The van der Waals surface area contributed by atoms with Crippen molar-refractivity contribution >= 4 is 8.32 Å². The summed E-state index contributed by atoms with van der Waals surface area (Å²) in [4.78, 5) is 0. The molecule has 0 unspecified atom stereocenters. The van der Waals surface area contributed by atoms with Gasteiger partial charge in [0.15, 0.2) is 12.6 Å². The second kappa shape index (κ2) is 9.77. The zero-order valence-electron chi connectivity index (χ0n) is 19.3. The van der Waals surface area contributed by atoms with Gasteiger partial charge in [0.05, 0.1) is 6.61 Å². The van der Waals surface area contributed by atoms with Crippen LogP contribution in [0.15, 0.2) is 30.3 Å². The second-order valence-electron chi connectivity index (χ2n) is 9.35. The number of aliphatic hydroxyl groups excluding tert-OH is 1. The fraction of sp³-hybridized carbons (Fsp3) is 0.739. The minimum absolute atomic E-state index is 0.357. The SMILES string of the molecule is CO[C@H]1O[C@@H]2CO[C@@H](c3ccccc3)O[C@H]2[C@H](O[Si](C(C)C)(C(C)C)C(C)C)[C@H]1O. The van der Waals surface area contributed by atoms with Gasteiger partial charge < -0.3 is 28.5 Å². The minimum Gasteiger partial charge on any atom is -0.408 e. The Morgan fingerprint density at radius 3 is 2.10 bits per heavy atom. The summed E-state index contributed by atoms with van der Waals surface area (Å²) in [7, 11) is -0.726. The topological polar surface area (TPSA) is 66.4 Å². The molecule has 0 aromatic heterocycles. The number of hydrogen-bond donors (Lipinski definition) is 1. The van der Waals surface area contributed by atoms with E-state index in [0.717, 1.165) is 5.56 Å². The number of hydrogen-bond acceptors (Lipinski definition) is 6.